The lowest BCUT2D eigenvalue weighted by Crippen LogP contribution is -1.93. The number of hydrogen-bond donors (Lipinski definition) is 0. The molecule has 1 aliphatic heterocycles. The largest absolute Gasteiger partial charge is 0.236 e. The number of benzene rings is 1. The summed E-state index contributed by atoms with van der Waals surface area (Å²) in [4.78, 5) is 9.85. The van der Waals surface area contributed by atoms with Crippen LogP contribution >= 0.6 is 0 Å². The van der Waals surface area contributed by atoms with E-state index in [0.29, 0.717) is 6.61 Å². The van der Waals surface area contributed by atoms with Gasteiger partial charge in [-0.1, -0.05) is 30.3 Å². The van der Waals surface area contributed by atoms with Crippen LogP contribution < -0.4 is 0 Å². The molecule has 1 heterocycles. The minimum atomic E-state index is 0.149. The highest BCUT2D eigenvalue weighted by Crippen LogP contribution is 2.25. The third-order valence-electron chi connectivity index (χ3n) is 1.82. The summed E-state index contributed by atoms with van der Waals surface area (Å²) in [5.74, 6) is 0. The van der Waals surface area contributed by atoms with Crippen LogP contribution in [0.4, 0.5) is 0 Å². The lowest BCUT2D eigenvalue weighted by molar-refractivity contribution is -0.276. The van der Waals surface area contributed by atoms with E-state index in [4.69, 9.17) is 9.78 Å². The van der Waals surface area contributed by atoms with Gasteiger partial charge in [-0.2, -0.15) is 0 Å². The highest BCUT2D eigenvalue weighted by molar-refractivity contribution is 5.17. The van der Waals surface area contributed by atoms with Crippen LogP contribution in [0.25, 0.3) is 0 Å². The van der Waals surface area contributed by atoms with Gasteiger partial charge in [0.15, 0.2) is 0 Å². The summed E-state index contributed by atoms with van der Waals surface area (Å²) in [6, 6.07) is 10.1. The molecule has 2 rings (SSSR count). The van der Waals surface area contributed by atoms with Crippen molar-refractivity contribution in [2.24, 2.45) is 0 Å². The zero-order chi connectivity index (χ0) is 7.52. The Bertz CT molecular complexity index is 214. The van der Waals surface area contributed by atoms with E-state index in [9.17, 15) is 0 Å². The van der Waals surface area contributed by atoms with Gasteiger partial charge >= 0.3 is 0 Å². The molecule has 0 amide bonds. The fourth-order valence-electron chi connectivity index (χ4n) is 1.22. The van der Waals surface area contributed by atoms with Gasteiger partial charge in [0, 0.05) is 6.42 Å². The molecular weight excluding hydrogens is 140 g/mol. The first-order valence-electron chi connectivity index (χ1n) is 3.80. The molecular formula is C9H10O2. The quantitative estimate of drug-likeness (QED) is 0.570. The molecule has 1 saturated heterocycles. The minimum Gasteiger partial charge on any atom is -0.236 e. The summed E-state index contributed by atoms with van der Waals surface area (Å²) in [7, 11) is 0. The zero-order valence-corrected chi connectivity index (χ0v) is 6.19. The molecule has 0 aromatic heterocycles. The standard InChI is InChI=1S/C9H10O2/c1-2-4-8(5-3-1)9-6-7-10-11-9/h1-5,9H,6-7H2. The second kappa shape index (κ2) is 3.03. The molecule has 0 spiro atoms. The topological polar surface area (TPSA) is 18.5 Å². The van der Waals surface area contributed by atoms with Gasteiger partial charge in [-0.3, -0.25) is 0 Å². The normalized spacial score (nSPS) is 23.8. The van der Waals surface area contributed by atoms with E-state index < -0.39 is 0 Å². The van der Waals surface area contributed by atoms with Crippen molar-refractivity contribution in [2.75, 3.05) is 6.61 Å². The Morgan fingerprint density at radius 2 is 2.00 bits per heavy atom. The van der Waals surface area contributed by atoms with Gasteiger partial charge in [0.2, 0.25) is 0 Å². The van der Waals surface area contributed by atoms with Gasteiger partial charge in [-0.15, -0.1) is 0 Å². The Labute approximate surface area is 65.7 Å². The van der Waals surface area contributed by atoms with E-state index in [1.54, 1.807) is 0 Å². The van der Waals surface area contributed by atoms with Gasteiger partial charge in [-0.05, 0) is 5.56 Å². The van der Waals surface area contributed by atoms with Crippen LogP contribution in [0, 0.1) is 0 Å². The number of hydrogen-bond acceptors (Lipinski definition) is 2. The first-order valence-corrected chi connectivity index (χ1v) is 3.80. The predicted octanol–water partition coefficient (Wildman–Crippen LogP) is 2.08. The van der Waals surface area contributed by atoms with Crippen LogP contribution in [0.3, 0.4) is 0 Å². The van der Waals surface area contributed by atoms with E-state index >= 15 is 0 Å². The Morgan fingerprint density at radius 1 is 1.18 bits per heavy atom. The van der Waals surface area contributed by atoms with Crippen molar-refractivity contribution in [3.05, 3.63) is 35.9 Å². The molecule has 1 atom stereocenters. The van der Waals surface area contributed by atoms with E-state index in [0.717, 1.165) is 6.42 Å². The van der Waals surface area contributed by atoms with Crippen LogP contribution in [0.15, 0.2) is 30.3 Å². The van der Waals surface area contributed by atoms with Gasteiger partial charge < -0.3 is 0 Å². The molecule has 1 aliphatic rings. The highest BCUT2D eigenvalue weighted by Gasteiger charge is 2.18. The average Bonchev–Trinajstić information content (AvgIpc) is 2.58. The van der Waals surface area contributed by atoms with Crippen LogP contribution in [-0.2, 0) is 9.78 Å². The molecule has 0 aliphatic carbocycles. The Morgan fingerprint density at radius 3 is 2.64 bits per heavy atom. The molecule has 2 nitrogen and oxygen atoms in total. The van der Waals surface area contributed by atoms with Crippen LogP contribution in [0.5, 0.6) is 0 Å². The van der Waals surface area contributed by atoms with Crippen LogP contribution in [-0.4, -0.2) is 6.61 Å². The maximum Gasteiger partial charge on any atom is 0.120 e. The van der Waals surface area contributed by atoms with Crippen molar-refractivity contribution in [2.45, 2.75) is 12.5 Å². The first-order chi connectivity index (χ1) is 5.47. The second-order valence-electron chi connectivity index (χ2n) is 2.61. The van der Waals surface area contributed by atoms with Crippen LogP contribution in [0.2, 0.25) is 0 Å². The highest BCUT2D eigenvalue weighted by atomic mass is 17.2. The smallest absolute Gasteiger partial charge is 0.120 e. The Hall–Kier alpha value is -0.860. The average molecular weight is 150 g/mol. The maximum absolute atomic E-state index is 5.04. The van der Waals surface area contributed by atoms with Gasteiger partial charge in [0.05, 0.1) is 6.61 Å². The summed E-state index contributed by atoms with van der Waals surface area (Å²) in [5.41, 5.74) is 1.20. The molecule has 0 saturated carbocycles. The van der Waals surface area contributed by atoms with Gasteiger partial charge in [0.1, 0.15) is 6.10 Å². The molecule has 0 radical (unpaired) electrons. The fourth-order valence-corrected chi connectivity index (χ4v) is 1.22. The summed E-state index contributed by atoms with van der Waals surface area (Å²) >= 11 is 0. The number of rotatable bonds is 1. The van der Waals surface area contributed by atoms with Crippen molar-refractivity contribution >= 4 is 0 Å². The Kier molecular flexibility index (Phi) is 1.88. The summed E-state index contributed by atoms with van der Waals surface area (Å²) in [6.45, 7) is 0.708. The molecule has 0 bridgehead atoms. The lowest BCUT2D eigenvalue weighted by Gasteiger charge is -2.04. The van der Waals surface area contributed by atoms with Crippen molar-refractivity contribution in [3.8, 4) is 0 Å². The van der Waals surface area contributed by atoms with Gasteiger partial charge in [0.25, 0.3) is 0 Å². The first kappa shape index (κ1) is 6.83. The molecule has 1 aromatic rings. The van der Waals surface area contributed by atoms with E-state index in [1.165, 1.54) is 5.56 Å². The maximum atomic E-state index is 5.04. The molecule has 11 heavy (non-hydrogen) atoms. The second-order valence-corrected chi connectivity index (χ2v) is 2.61. The van der Waals surface area contributed by atoms with Crippen molar-refractivity contribution < 1.29 is 9.78 Å². The molecule has 1 fully saturated rings. The van der Waals surface area contributed by atoms with E-state index in [1.807, 2.05) is 18.2 Å². The van der Waals surface area contributed by atoms with E-state index in [-0.39, 0.29) is 6.10 Å². The molecule has 0 N–H and O–H groups in total. The Balaban J connectivity index is 2.16. The summed E-state index contributed by atoms with van der Waals surface area (Å²) < 4.78 is 0. The third kappa shape index (κ3) is 1.42. The zero-order valence-electron chi connectivity index (χ0n) is 6.19. The van der Waals surface area contributed by atoms with E-state index in [2.05, 4.69) is 12.1 Å². The van der Waals surface area contributed by atoms with Crippen molar-refractivity contribution in [1.82, 2.24) is 0 Å². The molecule has 1 unspecified atom stereocenters. The van der Waals surface area contributed by atoms with Crippen LogP contribution in [0.1, 0.15) is 18.1 Å². The van der Waals surface area contributed by atoms with Gasteiger partial charge in [-0.25, -0.2) is 9.78 Å². The van der Waals surface area contributed by atoms with Crippen molar-refractivity contribution in [3.63, 3.8) is 0 Å². The summed E-state index contributed by atoms with van der Waals surface area (Å²) in [5, 5.41) is 0. The predicted molar refractivity (Wildman–Crippen MR) is 40.8 cm³/mol. The molecule has 1 aromatic carbocycles. The summed E-state index contributed by atoms with van der Waals surface area (Å²) in [6.07, 6.45) is 1.11. The lowest BCUT2D eigenvalue weighted by atomic mass is 10.1. The SMILES string of the molecule is c1ccc(C2CCOO2)cc1. The monoisotopic (exact) mass is 150 g/mol. The minimum absolute atomic E-state index is 0.149. The fraction of sp³-hybridized carbons (Fsp3) is 0.333. The molecule has 58 valence electrons. The van der Waals surface area contributed by atoms with Crippen molar-refractivity contribution in [1.29, 1.82) is 0 Å². The molecule has 2 heteroatoms. The third-order valence-corrected chi connectivity index (χ3v) is 1.82.